The van der Waals surface area contributed by atoms with Crippen LogP contribution in [0.5, 0.6) is 0 Å². The van der Waals surface area contributed by atoms with Crippen LogP contribution >= 0.6 is 24.0 Å². The summed E-state index contributed by atoms with van der Waals surface area (Å²) in [7, 11) is 4.27. The van der Waals surface area contributed by atoms with Crippen LogP contribution in [0.2, 0.25) is 0 Å². The fraction of sp³-hybridized carbons (Fsp3) is 0.909. The second-order valence-corrected chi connectivity index (χ2v) is 4.09. The third-order valence-electron chi connectivity index (χ3n) is 2.68. The van der Waals surface area contributed by atoms with Crippen LogP contribution in [0.15, 0.2) is 4.99 Å². The molecule has 0 N–H and O–H groups in total. The van der Waals surface area contributed by atoms with Gasteiger partial charge in [-0.1, -0.05) is 19.8 Å². The van der Waals surface area contributed by atoms with Crippen LogP contribution in [-0.2, 0) is 0 Å². The lowest BCUT2D eigenvalue weighted by Gasteiger charge is -2.34. The van der Waals surface area contributed by atoms with E-state index in [1.54, 1.807) is 0 Å². The second-order valence-electron chi connectivity index (χ2n) is 4.09. The van der Waals surface area contributed by atoms with Gasteiger partial charge in [0, 0.05) is 33.7 Å². The molecule has 90 valence electrons. The summed E-state index contributed by atoms with van der Waals surface area (Å²) in [6.07, 6.45) is 5.05. The van der Waals surface area contributed by atoms with E-state index in [9.17, 15) is 0 Å². The van der Waals surface area contributed by atoms with Gasteiger partial charge in [0.05, 0.1) is 0 Å². The van der Waals surface area contributed by atoms with Crippen LogP contribution in [0.3, 0.4) is 0 Å². The lowest BCUT2D eigenvalue weighted by atomic mass is 10.2. The minimum atomic E-state index is 0. The van der Waals surface area contributed by atoms with E-state index < -0.39 is 0 Å². The van der Waals surface area contributed by atoms with Gasteiger partial charge in [0.2, 0.25) is 0 Å². The summed E-state index contributed by atoms with van der Waals surface area (Å²) in [5, 5.41) is 0. The molecule has 1 saturated heterocycles. The molecule has 0 unspecified atom stereocenters. The average Bonchev–Trinajstić information content (AvgIpc) is 2.16. The molecule has 1 heterocycles. The van der Waals surface area contributed by atoms with Gasteiger partial charge in [-0.25, -0.2) is 0 Å². The number of guanidine groups is 1. The van der Waals surface area contributed by atoms with E-state index in [1.165, 1.54) is 31.6 Å². The van der Waals surface area contributed by atoms with E-state index in [2.05, 4.69) is 35.8 Å². The van der Waals surface area contributed by atoms with Crippen LogP contribution in [-0.4, -0.2) is 49.5 Å². The molecule has 0 bridgehead atoms. The summed E-state index contributed by atoms with van der Waals surface area (Å²) >= 11 is 0. The van der Waals surface area contributed by atoms with Crippen molar-refractivity contribution in [1.82, 2.24) is 9.80 Å². The fourth-order valence-electron chi connectivity index (χ4n) is 1.82. The number of nitrogens with zero attached hydrogens (tertiary/aromatic N) is 3. The molecule has 0 amide bonds. The summed E-state index contributed by atoms with van der Waals surface area (Å²) in [6, 6.07) is 0. The first kappa shape index (κ1) is 15.0. The van der Waals surface area contributed by atoms with Gasteiger partial charge in [-0.3, -0.25) is 4.99 Å². The highest BCUT2D eigenvalue weighted by Gasteiger charge is 2.16. The summed E-state index contributed by atoms with van der Waals surface area (Å²) in [5.74, 6) is 1.17. The van der Waals surface area contributed by atoms with Crippen molar-refractivity contribution in [2.45, 2.75) is 32.6 Å². The van der Waals surface area contributed by atoms with Crippen molar-refractivity contribution in [3.8, 4) is 0 Å². The molecule has 1 aliphatic rings. The van der Waals surface area contributed by atoms with Crippen molar-refractivity contribution < 1.29 is 0 Å². The van der Waals surface area contributed by atoms with E-state index >= 15 is 0 Å². The van der Waals surface area contributed by atoms with Crippen molar-refractivity contribution in [2.75, 3.05) is 33.7 Å². The zero-order valence-corrected chi connectivity index (χ0v) is 12.5. The number of unbranched alkanes of at least 4 members (excludes halogenated alkanes) is 2. The highest BCUT2D eigenvalue weighted by molar-refractivity contribution is 14.0. The maximum absolute atomic E-state index is 4.65. The quantitative estimate of drug-likeness (QED) is 0.584. The monoisotopic (exact) mass is 325 g/mol. The summed E-state index contributed by atoms with van der Waals surface area (Å²) < 4.78 is 0. The Hall–Kier alpha value is 0. The summed E-state index contributed by atoms with van der Waals surface area (Å²) in [6.45, 7) is 5.51. The molecule has 15 heavy (non-hydrogen) atoms. The van der Waals surface area contributed by atoms with E-state index in [4.69, 9.17) is 0 Å². The van der Waals surface area contributed by atoms with Crippen LogP contribution in [0.1, 0.15) is 32.6 Å². The zero-order valence-electron chi connectivity index (χ0n) is 10.2. The van der Waals surface area contributed by atoms with Crippen LogP contribution in [0, 0.1) is 0 Å². The molecule has 1 rings (SSSR count). The van der Waals surface area contributed by atoms with Crippen molar-refractivity contribution in [2.24, 2.45) is 4.99 Å². The zero-order chi connectivity index (χ0) is 10.4. The maximum atomic E-state index is 4.65. The molecule has 0 aromatic rings. The van der Waals surface area contributed by atoms with Gasteiger partial charge < -0.3 is 9.80 Å². The number of halogens is 1. The highest BCUT2D eigenvalue weighted by atomic mass is 127. The van der Waals surface area contributed by atoms with Crippen LogP contribution in [0.4, 0.5) is 0 Å². The SMILES string of the molecule is CCCCCN=C1N(C)CCCN1C.I. The topological polar surface area (TPSA) is 18.8 Å². The average molecular weight is 325 g/mol. The predicted octanol–water partition coefficient (Wildman–Crippen LogP) is 2.42. The Balaban J connectivity index is 0.00000196. The molecule has 3 nitrogen and oxygen atoms in total. The molecule has 0 atom stereocenters. The van der Waals surface area contributed by atoms with Crippen molar-refractivity contribution in [3.63, 3.8) is 0 Å². The van der Waals surface area contributed by atoms with Gasteiger partial charge in [-0.2, -0.15) is 0 Å². The van der Waals surface area contributed by atoms with E-state index in [0.717, 1.165) is 19.6 Å². The molecule has 1 fully saturated rings. The first-order valence-corrected chi connectivity index (χ1v) is 5.72. The van der Waals surface area contributed by atoms with Crippen molar-refractivity contribution in [1.29, 1.82) is 0 Å². The Morgan fingerprint density at radius 2 is 1.73 bits per heavy atom. The molecule has 0 saturated carbocycles. The molecule has 0 radical (unpaired) electrons. The Morgan fingerprint density at radius 3 is 2.27 bits per heavy atom. The Bertz CT molecular complexity index is 182. The Morgan fingerprint density at radius 1 is 1.13 bits per heavy atom. The van der Waals surface area contributed by atoms with E-state index in [-0.39, 0.29) is 24.0 Å². The highest BCUT2D eigenvalue weighted by Crippen LogP contribution is 2.05. The number of aliphatic imine (C=N–C) groups is 1. The first-order valence-electron chi connectivity index (χ1n) is 5.72. The van der Waals surface area contributed by atoms with Crippen molar-refractivity contribution in [3.05, 3.63) is 0 Å². The first-order chi connectivity index (χ1) is 6.75. The standard InChI is InChI=1S/C11H23N3.HI/c1-4-5-6-8-12-11-13(2)9-7-10-14(11)3;/h4-10H2,1-3H3;1H. The van der Waals surface area contributed by atoms with Crippen LogP contribution in [0.25, 0.3) is 0 Å². The Kier molecular flexibility index (Phi) is 8.19. The molecular weight excluding hydrogens is 301 g/mol. The molecule has 0 aliphatic carbocycles. The maximum Gasteiger partial charge on any atom is 0.196 e. The van der Waals surface area contributed by atoms with Gasteiger partial charge in [0.15, 0.2) is 5.96 Å². The van der Waals surface area contributed by atoms with Gasteiger partial charge in [0.1, 0.15) is 0 Å². The predicted molar refractivity (Wildman–Crippen MR) is 77.1 cm³/mol. The summed E-state index contributed by atoms with van der Waals surface area (Å²) in [5.41, 5.74) is 0. The molecular formula is C11H24IN3. The number of hydrogen-bond acceptors (Lipinski definition) is 1. The number of hydrogen-bond donors (Lipinski definition) is 0. The molecule has 0 aromatic carbocycles. The molecule has 0 aromatic heterocycles. The van der Waals surface area contributed by atoms with Gasteiger partial charge in [0.25, 0.3) is 0 Å². The smallest absolute Gasteiger partial charge is 0.196 e. The molecule has 4 heteroatoms. The minimum absolute atomic E-state index is 0. The van der Waals surface area contributed by atoms with Gasteiger partial charge >= 0.3 is 0 Å². The third-order valence-corrected chi connectivity index (χ3v) is 2.68. The van der Waals surface area contributed by atoms with E-state index in [0.29, 0.717) is 0 Å². The fourth-order valence-corrected chi connectivity index (χ4v) is 1.82. The third kappa shape index (κ3) is 5.04. The molecule has 0 spiro atoms. The lowest BCUT2D eigenvalue weighted by Crippen LogP contribution is -2.46. The molecule has 1 aliphatic heterocycles. The Labute approximate surface area is 111 Å². The van der Waals surface area contributed by atoms with Crippen LogP contribution < -0.4 is 0 Å². The van der Waals surface area contributed by atoms with Crippen molar-refractivity contribution >= 4 is 29.9 Å². The van der Waals surface area contributed by atoms with Gasteiger partial charge in [-0.15, -0.1) is 24.0 Å². The number of rotatable bonds is 4. The second kappa shape index (κ2) is 8.19. The van der Waals surface area contributed by atoms with E-state index in [1.807, 2.05) is 0 Å². The summed E-state index contributed by atoms with van der Waals surface area (Å²) in [4.78, 5) is 9.17. The lowest BCUT2D eigenvalue weighted by molar-refractivity contribution is 0.316. The van der Waals surface area contributed by atoms with Gasteiger partial charge in [-0.05, 0) is 12.8 Å². The normalized spacial score (nSPS) is 16.3. The largest absolute Gasteiger partial charge is 0.346 e. The minimum Gasteiger partial charge on any atom is -0.346 e.